The second-order valence-corrected chi connectivity index (χ2v) is 7.81. The number of rotatable bonds is 2. The van der Waals surface area contributed by atoms with E-state index in [0.29, 0.717) is 32.5 Å². The van der Waals surface area contributed by atoms with Gasteiger partial charge in [0.25, 0.3) is 0 Å². The van der Waals surface area contributed by atoms with Gasteiger partial charge in [0.1, 0.15) is 0 Å². The Hall–Kier alpha value is -0.660. The van der Waals surface area contributed by atoms with Gasteiger partial charge in [0.05, 0.1) is 22.6 Å². The van der Waals surface area contributed by atoms with Crippen LogP contribution in [0.5, 0.6) is 0 Å². The fourth-order valence-electron chi connectivity index (χ4n) is 2.47. The summed E-state index contributed by atoms with van der Waals surface area (Å²) in [4.78, 5) is 12.2. The van der Waals surface area contributed by atoms with Crippen LogP contribution < -0.4 is 11.1 Å². The highest BCUT2D eigenvalue weighted by molar-refractivity contribution is 7.91. The van der Waals surface area contributed by atoms with Crippen LogP contribution in [0.25, 0.3) is 0 Å². The number of nitrogens with one attached hydrogen (secondary N) is 1. The molecule has 0 spiro atoms. The number of amides is 1. The van der Waals surface area contributed by atoms with E-state index in [0.717, 1.165) is 0 Å². The van der Waals surface area contributed by atoms with Crippen molar-refractivity contribution in [2.24, 2.45) is 5.73 Å². The summed E-state index contributed by atoms with van der Waals surface area (Å²) in [5.41, 5.74) is 4.46. The summed E-state index contributed by atoms with van der Waals surface area (Å²) in [6.07, 6.45) is 1.40. The Morgan fingerprint density at radius 2 is 1.89 bits per heavy atom. The molecule has 0 aromatic carbocycles. The monoisotopic (exact) mass is 276 g/mol. The van der Waals surface area contributed by atoms with Crippen LogP contribution in [0, 0.1) is 0 Å². The van der Waals surface area contributed by atoms with Crippen LogP contribution in [0.3, 0.4) is 0 Å². The van der Waals surface area contributed by atoms with Gasteiger partial charge in [-0.1, -0.05) is 0 Å². The minimum Gasteiger partial charge on any atom is -0.381 e. The standard InChI is InChI=1S/C11H20N2O4S/c1-10(4-7-18(15,16)8-10)13-9(14)11(12)2-5-17-6-3-11/h2-8,12H2,1H3,(H,13,14). The minimum atomic E-state index is -3.03. The van der Waals surface area contributed by atoms with Crippen molar-refractivity contribution < 1.29 is 17.9 Å². The molecule has 0 aliphatic carbocycles. The van der Waals surface area contributed by atoms with Crippen LogP contribution in [0.1, 0.15) is 26.2 Å². The largest absolute Gasteiger partial charge is 0.381 e. The van der Waals surface area contributed by atoms with E-state index in [9.17, 15) is 13.2 Å². The van der Waals surface area contributed by atoms with Crippen molar-refractivity contribution in [1.82, 2.24) is 5.32 Å². The molecule has 1 atom stereocenters. The van der Waals surface area contributed by atoms with Gasteiger partial charge in [-0.25, -0.2) is 8.42 Å². The van der Waals surface area contributed by atoms with E-state index in [4.69, 9.17) is 10.5 Å². The van der Waals surface area contributed by atoms with Crippen LogP contribution >= 0.6 is 0 Å². The van der Waals surface area contributed by atoms with E-state index in [1.807, 2.05) is 0 Å². The molecule has 18 heavy (non-hydrogen) atoms. The lowest BCUT2D eigenvalue weighted by Gasteiger charge is -2.35. The first kappa shape index (κ1) is 13.8. The number of nitrogens with two attached hydrogens (primary N) is 1. The van der Waals surface area contributed by atoms with Gasteiger partial charge in [0, 0.05) is 13.2 Å². The molecule has 2 aliphatic heterocycles. The highest BCUT2D eigenvalue weighted by Gasteiger charge is 2.44. The van der Waals surface area contributed by atoms with Gasteiger partial charge in [0.2, 0.25) is 5.91 Å². The molecule has 0 saturated carbocycles. The number of hydrogen-bond acceptors (Lipinski definition) is 5. The first-order valence-electron chi connectivity index (χ1n) is 6.15. The molecule has 3 N–H and O–H groups in total. The average molecular weight is 276 g/mol. The van der Waals surface area contributed by atoms with Crippen LogP contribution in [-0.4, -0.2) is 50.1 Å². The number of hydrogen-bond donors (Lipinski definition) is 2. The molecule has 0 radical (unpaired) electrons. The third-order valence-corrected chi connectivity index (χ3v) is 5.66. The lowest BCUT2D eigenvalue weighted by molar-refractivity contribution is -0.131. The molecule has 2 saturated heterocycles. The zero-order valence-corrected chi connectivity index (χ0v) is 11.4. The second kappa shape index (κ2) is 4.47. The Kier molecular flexibility index (Phi) is 3.42. The lowest BCUT2D eigenvalue weighted by atomic mass is 9.88. The predicted molar refractivity (Wildman–Crippen MR) is 66.8 cm³/mol. The zero-order chi connectivity index (χ0) is 13.4. The second-order valence-electron chi connectivity index (χ2n) is 5.63. The molecule has 1 unspecified atom stereocenters. The molecule has 2 heterocycles. The molecular formula is C11H20N2O4S. The summed E-state index contributed by atoms with van der Waals surface area (Å²) < 4.78 is 28.1. The van der Waals surface area contributed by atoms with Gasteiger partial charge < -0.3 is 15.8 Å². The molecule has 2 rings (SSSR count). The Bertz CT molecular complexity index is 442. The van der Waals surface area contributed by atoms with Crippen molar-refractivity contribution in [2.45, 2.75) is 37.3 Å². The Morgan fingerprint density at radius 3 is 2.39 bits per heavy atom. The molecule has 2 aliphatic rings. The van der Waals surface area contributed by atoms with E-state index in [1.54, 1.807) is 6.92 Å². The number of carbonyl (C=O) groups excluding carboxylic acids is 1. The van der Waals surface area contributed by atoms with Crippen LogP contribution in [0.2, 0.25) is 0 Å². The highest BCUT2D eigenvalue weighted by Crippen LogP contribution is 2.25. The van der Waals surface area contributed by atoms with E-state index < -0.39 is 20.9 Å². The molecule has 0 aromatic heterocycles. The molecule has 0 bridgehead atoms. The Balaban J connectivity index is 2.03. The van der Waals surface area contributed by atoms with E-state index in [1.165, 1.54) is 0 Å². The van der Waals surface area contributed by atoms with Crippen LogP contribution in [0.4, 0.5) is 0 Å². The maximum absolute atomic E-state index is 12.2. The van der Waals surface area contributed by atoms with Crippen molar-refractivity contribution in [3.8, 4) is 0 Å². The summed E-state index contributed by atoms with van der Waals surface area (Å²) in [6, 6.07) is 0. The lowest BCUT2D eigenvalue weighted by Crippen LogP contribution is -2.61. The molecule has 2 fully saturated rings. The van der Waals surface area contributed by atoms with Crippen molar-refractivity contribution in [2.75, 3.05) is 24.7 Å². The summed E-state index contributed by atoms with van der Waals surface area (Å²) in [5.74, 6) is -0.131. The topological polar surface area (TPSA) is 98.5 Å². The fourth-order valence-corrected chi connectivity index (χ4v) is 4.56. The van der Waals surface area contributed by atoms with Crippen LogP contribution in [0.15, 0.2) is 0 Å². The Labute approximate surface area is 107 Å². The van der Waals surface area contributed by atoms with Gasteiger partial charge in [-0.15, -0.1) is 0 Å². The van der Waals surface area contributed by atoms with Crippen molar-refractivity contribution in [3.63, 3.8) is 0 Å². The molecule has 1 amide bonds. The maximum atomic E-state index is 12.2. The Morgan fingerprint density at radius 1 is 1.28 bits per heavy atom. The fraction of sp³-hybridized carbons (Fsp3) is 0.909. The van der Waals surface area contributed by atoms with E-state index >= 15 is 0 Å². The third kappa shape index (κ3) is 2.84. The summed E-state index contributed by atoms with van der Waals surface area (Å²) in [5, 5.41) is 2.82. The number of ether oxygens (including phenoxy) is 1. The first-order chi connectivity index (χ1) is 8.25. The van der Waals surface area contributed by atoms with Crippen LogP contribution in [-0.2, 0) is 19.4 Å². The van der Waals surface area contributed by atoms with Crippen molar-refractivity contribution >= 4 is 15.7 Å². The normalized spacial score (nSPS) is 34.1. The van der Waals surface area contributed by atoms with E-state index in [-0.39, 0.29) is 17.4 Å². The van der Waals surface area contributed by atoms with Gasteiger partial charge >= 0.3 is 0 Å². The number of sulfone groups is 1. The van der Waals surface area contributed by atoms with Gasteiger partial charge in [-0.3, -0.25) is 4.79 Å². The summed E-state index contributed by atoms with van der Waals surface area (Å²) >= 11 is 0. The van der Waals surface area contributed by atoms with Gasteiger partial charge in [0.15, 0.2) is 9.84 Å². The summed E-state index contributed by atoms with van der Waals surface area (Å²) in [6.45, 7) is 2.70. The van der Waals surface area contributed by atoms with Gasteiger partial charge in [-0.2, -0.15) is 0 Å². The molecule has 7 heteroatoms. The molecule has 104 valence electrons. The van der Waals surface area contributed by atoms with Crippen molar-refractivity contribution in [1.29, 1.82) is 0 Å². The zero-order valence-electron chi connectivity index (χ0n) is 10.6. The maximum Gasteiger partial charge on any atom is 0.240 e. The SMILES string of the molecule is CC1(NC(=O)C2(N)CCOCC2)CCS(=O)(=O)C1. The smallest absolute Gasteiger partial charge is 0.240 e. The quantitative estimate of drug-likeness (QED) is 0.687. The number of carbonyl (C=O) groups is 1. The average Bonchev–Trinajstić information content (AvgIpc) is 2.54. The molecule has 6 nitrogen and oxygen atoms in total. The highest BCUT2D eigenvalue weighted by atomic mass is 32.2. The summed E-state index contributed by atoms with van der Waals surface area (Å²) in [7, 11) is -3.03. The van der Waals surface area contributed by atoms with Crippen molar-refractivity contribution in [3.05, 3.63) is 0 Å². The first-order valence-corrected chi connectivity index (χ1v) is 7.97. The minimum absolute atomic E-state index is 0.00167. The molecule has 0 aromatic rings. The predicted octanol–water partition coefficient (Wildman–Crippen LogP) is -0.812. The third-order valence-electron chi connectivity index (χ3n) is 3.76. The molecular weight excluding hydrogens is 256 g/mol. The van der Waals surface area contributed by atoms with E-state index in [2.05, 4.69) is 5.32 Å². The van der Waals surface area contributed by atoms with Gasteiger partial charge in [-0.05, 0) is 26.2 Å².